The van der Waals surface area contributed by atoms with Crippen molar-refractivity contribution in [2.75, 3.05) is 25.1 Å². The minimum absolute atomic E-state index is 0.0592. The molecular weight excluding hydrogens is 230 g/mol. The van der Waals surface area contributed by atoms with Crippen molar-refractivity contribution in [3.63, 3.8) is 0 Å². The van der Waals surface area contributed by atoms with Crippen LogP contribution in [-0.2, 0) is 0 Å². The van der Waals surface area contributed by atoms with Crippen molar-refractivity contribution in [3.05, 3.63) is 42.6 Å². The normalized spacial score (nSPS) is 10.1. The molecule has 0 aliphatic carbocycles. The van der Waals surface area contributed by atoms with E-state index < -0.39 is 0 Å². The summed E-state index contributed by atoms with van der Waals surface area (Å²) < 4.78 is 5.61. The van der Waals surface area contributed by atoms with Gasteiger partial charge < -0.3 is 14.7 Å². The van der Waals surface area contributed by atoms with Crippen LogP contribution in [0.5, 0.6) is 11.6 Å². The first-order chi connectivity index (χ1) is 8.79. The first-order valence-electron chi connectivity index (χ1n) is 5.67. The lowest BCUT2D eigenvalue weighted by Crippen LogP contribution is -2.23. The summed E-state index contributed by atoms with van der Waals surface area (Å²) in [4.78, 5) is 10.2. The van der Waals surface area contributed by atoms with Crippen molar-refractivity contribution in [2.45, 2.75) is 0 Å². The number of anilines is 1. The SMILES string of the molecule is CN(CCO)c1nccc(Oc2ccccc2)n1. The highest BCUT2D eigenvalue weighted by Gasteiger charge is 2.05. The minimum Gasteiger partial charge on any atom is -0.439 e. The van der Waals surface area contributed by atoms with Gasteiger partial charge in [-0.15, -0.1) is 0 Å². The molecule has 0 bridgehead atoms. The van der Waals surface area contributed by atoms with Crippen molar-refractivity contribution in [1.29, 1.82) is 0 Å². The summed E-state index contributed by atoms with van der Waals surface area (Å²) in [7, 11) is 1.82. The highest BCUT2D eigenvalue weighted by atomic mass is 16.5. The van der Waals surface area contributed by atoms with Crippen molar-refractivity contribution in [2.24, 2.45) is 0 Å². The van der Waals surface area contributed by atoms with E-state index >= 15 is 0 Å². The Morgan fingerprint density at radius 3 is 2.72 bits per heavy atom. The van der Waals surface area contributed by atoms with Gasteiger partial charge in [0, 0.05) is 25.9 Å². The van der Waals surface area contributed by atoms with Gasteiger partial charge in [0.1, 0.15) is 5.75 Å². The summed E-state index contributed by atoms with van der Waals surface area (Å²) in [5.74, 6) is 1.74. The van der Waals surface area contributed by atoms with Crippen LogP contribution in [0.3, 0.4) is 0 Å². The zero-order chi connectivity index (χ0) is 12.8. The third-order valence-electron chi connectivity index (χ3n) is 2.36. The van der Waals surface area contributed by atoms with Crippen LogP contribution in [-0.4, -0.2) is 35.3 Å². The van der Waals surface area contributed by atoms with Crippen LogP contribution >= 0.6 is 0 Å². The molecule has 1 aromatic carbocycles. The van der Waals surface area contributed by atoms with E-state index in [0.29, 0.717) is 18.4 Å². The number of aromatic nitrogens is 2. The fraction of sp³-hybridized carbons (Fsp3) is 0.231. The van der Waals surface area contributed by atoms with E-state index in [1.54, 1.807) is 17.2 Å². The Balaban J connectivity index is 2.12. The summed E-state index contributed by atoms with van der Waals surface area (Å²) in [6.45, 7) is 0.540. The van der Waals surface area contributed by atoms with E-state index in [1.165, 1.54) is 0 Å². The lowest BCUT2D eigenvalue weighted by Gasteiger charge is -2.15. The van der Waals surface area contributed by atoms with Crippen molar-refractivity contribution in [1.82, 2.24) is 9.97 Å². The van der Waals surface area contributed by atoms with Gasteiger partial charge in [-0.1, -0.05) is 18.2 Å². The van der Waals surface area contributed by atoms with Crippen LogP contribution in [0, 0.1) is 0 Å². The number of aliphatic hydroxyl groups excluding tert-OH is 1. The molecule has 0 atom stereocenters. The van der Waals surface area contributed by atoms with Gasteiger partial charge in [0.05, 0.1) is 6.61 Å². The Bertz CT molecular complexity index is 491. The number of ether oxygens (including phenoxy) is 1. The molecule has 0 radical (unpaired) electrons. The van der Waals surface area contributed by atoms with Gasteiger partial charge in [-0.2, -0.15) is 4.98 Å². The largest absolute Gasteiger partial charge is 0.439 e. The molecule has 5 heteroatoms. The number of aliphatic hydroxyl groups is 1. The summed E-state index contributed by atoms with van der Waals surface area (Å²) >= 11 is 0. The van der Waals surface area contributed by atoms with E-state index in [4.69, 9.17) is 9.84 Å². The molecule has 0 spiro atoms. The maximum Gasteiger partial charge on any atom is 0.228 e. The standard InChI is InChI=1S/C13H15N3O2/c1-16(9-10-17)13-14-8-7-12(15-13)18-11-5-3-2-4-6-11/h2-8,17H,9-10H2,1H3. The zero-order valence-electron chi connectivity index (χ0n) is 10.2. The third kappa shape index (κ3) is 3.18. The molecule has 0 aliphatic rings. The van der Waals surface area contributed by atoms with Gasteiger partial charge in [0.2, 0.25) is 11.8 Å². The Morgan fingerprint density at radius 1 is 1.22 bits per heavy atom. The van der Waals surface area contributed by atoms with E-state index in [0.717, 1.165) is 5.75 Å². The summed E-state index contributed by atoms with van der Waals surface area (Å²) in [5.41, 5.74) is 0. The number of hydrogen-bond acceptors (Lipinski definition) is 5. The molecule has 5 nitrogen and oxygen atoms in total. The maximum absolute atomic E-state index is 8.87. The fourth-order valence-corrected chi connectivity index (χ4v) is 1.43. The topological polar surface area (TPSA) is 58.5 Å². The molecule has 1 N–H and O–H groups in total. The molecule has 2 rings (SSSR count). The number of hydrogen-bond donors (Lipinski definition) is 1. The Morgan fingerprint density at radius 2 is 2.00 bits per heavy atom. The van der Waals surface area contributed by atoms with Crippen molar-refractivity contribution < 1.29 is 9.84 Å². The number of rotatable bonds is 5. The van der Waals surface area contributed by atoms with Crippen molar-refractivity contribution in [3.8, 4) is 11.6 Å². The number of benzene rings is 1. The van der Waals surface area contributed by atoms with E-state index in [1.807, 2.05) is 37.4 Å². The predicted octanol–water partition coefficient (Wildman–Crippen LogP) is 1.70. The van der Waals surface area contributed by atoms with E-state index in [9.17, 15) is 0 Å². The molecule has 1 aromatic heterocycles. The number of para-hydroxylation sites is 1. The predicted molar refractivity (Wildman–Crippen MR) is 68.9 cm³/mol. The van der Waals surface area contributed by atoms with Gasteiger partial charge in [0.15, 0.2) is 0 Å². The first-order valence-corrected chi connectivity index (χ1v) is 5.67. The molecule has 0 saturated carbocycles. The van der Waals surface area contributed by atoms with Gasteiger partial charge in [-0.25, -0.2) is 4.98 Å². The Kier molecular flexibility index (Phi) is 4.09. The van der Waals surface area contributed by atoms with Gasteiger partial charge in [-0.05, 0) is 12.1 Å². The summed E-state index contributed by atoms with van der Waals surface area (Å²) in [6.07, 6.45) is 1.63. The van der Waals surface area contributed by atoms with Gasteiger partial charge in [-0.3, -0.25) is 0 Å². The van der Waals surface area contributed by atoms with Crippen LogP contribution in [0.25, 0.3) is 0 Å². The zero-order valence-corrected chi connectivity index (χ0v) is 10.2. The molecule has 18 heavy (non-hydrogen) atoms. The van der Waals surface area contributed by atoms with Gasteiger partial charge in [0.25, 0.3) is 0 Å². The van der Waals surface area contributed by atoms with Crippen molar-refractivity contribution >= 4 is 5.95 Å². The number of likely N-dealkylation sites (N-methyl/N-ethyl adjacent to an activating group) is 1. The maximum atomic E-state index is 8.87. The van der Waals surface area contributed by atoms with E-state index in [2.05, 4.69) is 9.97 Å². The van der Waals surface area contributed by atoms with Gasteiger partial charge >= 0.3 is 0 Å². The van der Waals surface area contributed by atoms with Crippen LogP contribution in [0.1, 0.15) is 0 Å². The average molecular weight is 245 g/mol. The monoisotopic (exact) mass is 245 g/mol. The fourth-order valence-electron chi connectivity index (χ4n) is 1.43. The first kappa shape index (κ1) is 12.3. The molecule has 1 heterocycles. The average Bonchev–Trinajstić information content (AvgIpc) is 2.40. The molecule has 2 aromatic rings. The highest BCUT2D eigenvalue weighted by Crippen LogP contribution is 2.19. The molecule has 0 amide bonds. The molecule has 94 valence electrons. The second-order valence-corrected chi connectivity index (χ2v) is 3.76. The minimum atomic E-state index is 0.0592. The van der Waals surface area contributed by atoms with Crippen LogP contribution in [0.2, 0.25) is 0 Å². The second-order valence-electron chi connectivity index (χ2n) is 3.76. The molecule has 0 aliphatic heterocycles. The molecule has 0 saturated heterocycles. The molecular formula is C13H15N3O2. The van der Waals surface area contributed by atoms with Crippen LogP contribution < -0.4 is 9.64 Å². The summed E-state index contributed by atoms with van der Waals surface area (Å²) in [5, 5.41) is 8.87. The lowest BCUT2D eigenvalue weighted by atomic mass is 10.3. The molecule has 0 fully saturated rings. The number of nitrogens with zero attached hydrogens (tertiary/aromatic N) is 3. The van der Waals surface area contributed by atoms with Crippen LogP contribution in [0.4, 0.5) is 5.95 Å². The highest BCUT2D eigenvalue weighted by molar-refractivity contribution is 5.33. The molecule has 0 unspecified atom stereocenters. The quantitative estimate of drug-likeness (QED) is 0.868. The van der Waals surface area contributed by atoms with Crippen LogP contribution in [0.15, 0.2) is 42.6 Å². The third-order valence-corrected chi connectivity index (χ3v) is 2.36. The lowest BCUT2D eigenvalue weighted by molar-refractivity contribution is 0.303. The Labute approximate surface area is 106 Å². The summed E-state index contributed by atoms with van der Waals surface area (Å²) in [6, 6.07) is 11.1. The smallest absolute Gasteiger partial charge is 0.228 e. The second kappa shape index (κ2) is 5.97. The van der Waals surface area contributed by atoms with E-state index in [-0.39, 0.29) is 6.61 Å². The Hall–Kier alpha value is -2.14.